The Morgan fingerprint density at radius 3 is 2.10 bits per heavy atom. The summed E-state index contributed by atoms with van der Waals surface area (Å²) in [5.74, 6) is 1.63. The molecular formula is C20H34. The number of hydrogen-bond donors (Lipinski definition) is 0. The molecule has 1 aliphatic carbocycles. The van der Waals surface area contributed by atoms with Gasteiger partial charge in [-0.15, -0.1) is 0 Å². The maximum atomic E-state index is 2.37. The highest BCUT2D eigenvalue weighted by Gasteiger charge is 2.13. The summed E-state index contributed by atoms with van der Waals surface area (Å²) in [6.07, 6.45) is 12.2. The monoisotopic (exact) mass is 274 g/mol. The van der Waals surface area contributed by atoms with Crippen molar-refractivity contribution in [1.29, 1.82) is 0 Å². The van der Waals surface area contributed by atoms with Gasteiger partial charge < -0.3 is 0 Å². The van der Waals surface area contributed by atoms with Gasteiger partial charge in [0.05, 0.1) is 0 Å². The summed E-state index contributed by atoms with van der Waals surface area (Å²) >= 11 is 0. The van der Waals surface area contributed by atoms with Gasteiger partial charge >= 0.3 is 0 Å². The highest BCUT2D eigenvalue weighted by atomic mass is 14.2. The normalized spacial score (nSPS) is 23.5. The lowest BCUT2D eigenvalue weighted by atomic mass is 9.85. The van der Waals surface area contributed by atoms with Crippen LogP contribution < -0.4 is 0 Å². The summed E-state index contributed by atoms with van der Waals surface area (Å²) in [5.41, 5.74) is 6.49. The first-order valence-electron chi connectivity index (χ1n) is 8.50. The van der Waals surface area contributed by atoms with Crippen LogP contribution in [0.25, 0.3) is 0 Å². The number of allylic oxidation sites excluding steroid dienone is 6. The summed E-state index contributed by atoms with van der Waals surface area (Å²) < 4.78 is 0. The molecular weight excluding hydrogens is 240 g/mol. The van der Waals surface area contributed by atoms with Crippen molar-refractivity contribution < 1.29 is 0 Å². The highest BCUT2D eigenvalue weighted by molar-refractivity contribution is 5.36. The van der Waals surface area contributed by atoms with Crippen LogP contribution in [-0.2, 0) is 0 Å². The molecule has 0 spiro atoms. The second-order valence-corrected chi connectivity index (χ2v) is 6.91. The van der Waals surface area contributed by atoms with Gasteiger partial charge in [0, 0.05) is 0 Å². The molecule has 2 atom stereocenters. The lowest BCUT2D eigenvalue weighted by molar-refractivity contribution is 0.551. The minimum Gasteiger partial charge on any atom is -0.0802 e. The second kappa shape index (κ2) is 8.49. The van der Waals surface area contributed by atoms with Crippen molar-refractivity contribution in [2.24, 2.45) is 11.8 Å². The first kappa shape index (κ1) is 17.3. The van der Waals surface area contributed by atoms with Gasteiger partial charge in [-0.2, -0.15) is 0 Å². The summed E-state index contributed by atoms with van der Waals surface area (Å²) in [4.78, 5) is 0. The van der Waals surface area contributed by atoms with Crippen LogP contribution in [0.1, 0.15) is 80.1 Å². The minimum atomic E-state index is 0.812. The van der Waals surface area contributed by atoms with Crippen LogP contribution in [0.3, 0.4) is 0 Å². The molecule has 2 unspecified atom stereocenters. The first-order valence-corrected chi connectivity index (χ1v) is 8.50. The van der Waals surface area contributed by atoms with Crippen LogP contribution in [0.15, 0.2) is 34.4 Å². The Hall–Kier alpha value is -0.780. The van der Waals surface area contributed by atoms with E-state index in [9.17, 15) is 0 Å². The van der Waals surface area contributed by atoms with Crippen LogP contribution in [0, 0.1) is 11.8 Å². The van der Waals surface area contributed by atoms with Crippen molar-refractivity contribution in [3.05, 3.63) is 34.4 Å². The lowest BCUT2D eigenvalue weighted by Gasteiger charge is -2.20. The Morgan fingerprint density at radius 1 is 1.00 bits per heavy atom. The molecule has 0 amide bonds. The van der Waals surface area contributed by atoms with E-state index >= 15 is 0 Å². The Labute approximate surface area is 127 Å². The molecule has 0 N–H and O–H groups in total. The van der Waals surface area contributed by atoms with Gasteiger partial charge in [-0.25, -0.2) is 0 Å². The smallest absolute Gasteiger partial charge is 0.00621 e. The minimum absolute atomic E-state index is 0.812. The molecule has 114 valence electrons. The summed E-state index contributed by atoms with van der Waals surface area (Å²) in [6.45, 7) is 14.0. The lowest BCUT2D eigenvalue weighted by Crippen LogP contribution is -2.02. The van der Waals surface area contributed by atoms with E-state index < -0.39 is 0 Å². The van der Waals surface area contributed by atoms with E-state index in [4.69, 9.17) is 0 Å². The Morgan fingerprint density at radius 2 is 1.55 bits per heavy atom. The van der Waals surface area contributed by atoms with Crippen LogP contribution >= 0.6 is 0 Å². The molecule has 0 saturated heterocycles. The maximum absolute atomic E-state index is 2.37. The molecule has 0 saturated carbocycles. The van der Waals surface area contributed by atoms with Crippen molar-refractivity contribution in [2.75, 3.05) is 0 Å². The third-order valence-corrected chi connectivity index (χ3v) is 4.94. The number of rotatable bonds is 6. The summed E-state index contributed by atoms with van der Waals surface area (Å²) in [7, 11) is 0. The van der Waals surface area contributed by atoms with Gasteiger partial charge in [0.25, 0.3) is 0 Å². The maximum Gasteiger partial charge on any atom is -0.00621 e. The van der Waals surface area contributed by atoms with Crippen LogP contribution in [0.2, 0.25) is 0 Å². The van der Waals surface area contributed by atoms with E-state index in [0.717, 1.165) is 11.8 Å². The predicted octanol–water partition coefficient (Wildman–Crippen LogP) is 6.84. The Bertz CT molecular complexity index is 392. The topological polar surface area (TPSA) is 0 Å². The third-order valence-electron chi connectivity index (χ3n) is 4.94. The molecule has 0 aromatic rings. The van der Waals surface area contributed by atoms with Gasteiger partial charge in [-0.3, -0.25) is 0 Å². The second-order valence-electron chi connectivity index (χ2n) is 6.91. The SMILES string of the molecule is CCC(C)CC(C)=C1C=CCC(=C(C)CC(C)CC)C1. The summed E-state index contributed by atoms with van der Waals surface area (Å²) in [5, 5.41) is 0. The molecule has 1 aliphatic rings. The van der Waals surface area contributed by atoms with Gasteiger partial charge in [0.1, 0.15) is 0 Å². The van der Waals surface area contributed by atoms with Crippen LogP contribution in [0.5, 0.6) is 0 Å². The van der Waals surface area contributed by atoms with E-state index in [2.05, 4.69) is 53.7 Å². The quantitative estimate of drug-likeness (QED) is 0.465. The number of hydrogen-bond acceptors (Lipinski definition) is 0. The largest absolute Gasteiger partial charge is 0.0802 e. The Balaban J connectivity index is 2.80. The van der Waals surface area contributed by atoms with E-state index in [1.165, 1.54) is 38.5 Å². The zero-order valence-corrected chi connectivity index (χ0v) is 14.6. The van der Waals surface area contributed by atoms with Crippen molar-refractivity contribution in [3.8, 4) is 0 Å². The third kappa shape index (κ3) is 5.31. The molecule has 0 aromatic heterocycles. The molecule has 0 bridgehead atoms. The van der Waals surface area contributed by atoms with Gasteiger partial charge in [-0.05, 0) is 56.9 Å². The van der Waals surface area contributed by atoms with E-state index in [1.807, 2.05) is 0 Å². The van der Waals surface area contributed by atoms with Crippen molar-refractivity contribution in [1.82, 2.24) is 0 Å². The van der Waals surface area contributed by atoms with Gasteiger partial charge in [0.2, 0.25) is 0 Å². The van der Waals surface area contributed by atoms with Crippen molar-refractivity contribution >= 4 is 0 Å². The zero-order valence-electron chi connectivity index (χ0n) is 14.6. The molecule has 0 aliphatic heterocycles. The fourth-order valence-corrected chi connectivity index (χ4v) is 2.93. The molecule has 0 nitrogen and oxygen atoms in total. The molecule has 0 radical (unpaired) electrons. The summed E-state index contributed by atoms with van der Waals surface area (Å²) in [6, 6.07) is 0. The predicted molar refractivity (Wildman–Crippen MR) is 91.9 cm³/mol. The van der Waals surface area contributed by atoms with Crippen LogP contribution in [-0.4, -0.2) is 0 Å². The molecule has 0 fully saturated rings. The molecule has 20 heavy (non-hydrogen) atoms. The standard InChI is InChI=1S/C20H34/c1-7-15(3)12-17(5)19-10-9-11-20(14-19)18(6)13-16(4)8-2/h9-10,15-16H,7-8,11-14H2,1-6H3. The van der Waals surface area contributed by atoms with Crippen molar-refractivity contribution in [3.63, 3.8) is 0 Å². The first-order chi connectivity index (χ1) is 9.47. The van der Waals surface area contributed by atoms with Crippen molar-refractivity contribution in [2.45, 2.75) is 80.1 Å². The average molecular weight is 274 g/mol. The van der Waals surface area contributed by atoms with Crippen LogP contribution in [0.4, 0.5) is 0 Å². The van der Waals surface area contributed by atoms with E-state index in [1.54, 1.807) is 22.3 Å². The zero-order chi connectivity index (χ0) is 15.1. The van der Waals surface area contributed by atoms with E-state index in [-0.39, 0.29) is 0 Å². The average Bonchev–Trinajstić information content (AvgIpc) is 2.46. The fourth-order valence-electron chi connectivity index (χ4n) is 2.93. The van der Waals surface area contributed by atoms with Gasteiger partial charge in [0.15, 0.2) is 0 Å². The highest BCUT2D eigenvalue weighted by Crippen LogP contribution is 2.31. The van der Waals surface area contributed by atoms with Gasteiger partial charge in [-0.1, -0.05) is 69.4 Å². The molecule has 0 aromatic carbocycles. The molecule has 1 rings (SSSR count). The fraction of sp³-hybridized carbons (Fsp3) is 0.700. The Kier molecular flexibility index (Phi) is 7.34. The molecule has 0 heteroatoms. The molecule has 0 heterocycles. The van der Waals surface area contributed by atoms with E-state index in [0.29, 0.717) is 0 Å².